The topological polar surface area (TPSA) is 85.6 Å². The van der Waals surface area contributed by atoms with Gasteiger partial charge in [0.05, 0.1) is 6.26 Å². The van der Waals surface area contributed by atoms with E-state index in [0.29, 0.717) is 23.4 Å². The van der Waals surface area contributed by atoms with E-state index in [4.69, 9.17) is 9.15 Å². The zero-order chi connectivity index (χ0) is 17.4. The molecule has 2 aromatic rings. The summed E-state index contributed by atoms with van der Waals surface area (Å²) in [4.78, 5) is 34.8. The molecule has 0 aliphatic carbocycles. The van der Waals surface area contributed by atoms with Crippen molar-refractivity contribution in [2.24, 2.45) is 0 Å². The number of amides is 1. The molecule has 0 atom stereocenters. The van der Waals surface area contributed by atoms with Crippen LogP contribution in [0.3, 0.4) is 0 Å². The first kappa shape index (κ1) is 17.2. The highest BCUT2D eigenvalue weighted by Crippen LogP contribution is 2.11. The number of esters is 1. The maximum Gasteiger partial charge on any atom is 0.331 e. The van der Waals surface area contributed by atoms with Gasteiger partial charge in [0.1, 0.15) is 5.76 Å². The molecule has 0 unspecified atom stereocenters. The van der Waals surface area contributed by atoms with E-state index in [9.17, 15) is 14.4 Å². The first-order valence-electron chi connectivity index (χ1n) is 7.40. The second-order valence-electron chi connectivity index (χ2n) is 4.86. The Kier molecular flexibility index (Phi) is 6.08. The third kappa shape index (κ3) is 5.24. The van der Waals surface area contributed by atoms with E-state index in [0.717, 1.165) is 0 Å². The molecule has 1 amide bonds. The Balaban J connectivity index is 1.83. The van der Waals surface area contributed by atoms with Crippen LogP contribution < -0.4 is 5.32 Å². The fraction of sp³-hybridized carbons (Fsp3) is 0.167. The van der Waals surface area contributed by atoms with Crippen molar-refractivity contribution < 1.29 is 23.5 Å². The number of nitrogens with one attached hydrogen (secondary N) is 1. The molecule has 0 aliphatic heterocycles. The maximum absolute atomic E-state index is 12.0. The highest BCUT2D eigenvalue weighted by Gasteiger charge is 2.09. The third-order valence-electron chi connectivity index (χ3n) is 3.08. The molecule has 6 heteroatoms. The summed E-state index contributed by atoms with van der Waals surface area (Å²) >= 11 is 0. The maximum atomic E-state index is 12.0. The van der Waals surface area contributed by atoms with Gasteiger partial charge in [0.25, 0.3) is 0 Å². The SMILES string of the molecule is CCC(=O)Nc1ccc(C(=O)COC(=O)C=Cc2ccco2)cc1. The number of hydrogen-bond acceptors (Lipinski definition) is 5. The number of rotatable bonds is 7. The molecule has 1 N–H and O–H groups in total. The predicted molar refractivity (Wildman–Crippen MR) is 88.4 cm³/mol. The van der Waals surface area contributed by atoms with Gasteiger partial charge >= 0.3 is 5.97 Å². The number of anilines is 1. The van der Waals surface area contributed by atoms with Crippen molar-refractivity contribution in [3.63, 3.8) is 0 Å². The van der Waals surface area contributed by atoms with Crippen LogP contribution in [0.1, 0.15) is 29.5 Å². The van der Waals surface area contributed by atoms with Crippen LogP contribution in [-0.4, -0.2) is 24.3 Å². The molecule has 124 valence electrons. The van der Waals surface area contributed by atoms with Gasteiger partial charge in [-0.25, -0.2) is 4.79 Å². The van der Waals surface area contributed by atoms with Crippen LogP contribution in [0.15, 0.2) is 53.2 Å². The molecule has 1 heterocycles. The molecular formula is C18H17NO5. The van der Waals surface area contributed by atoms with E-state index in [1.54, 1.807) is 43.3 Å². The Bertz CT molecular complexity index is 729. The summed E-state index contributed by atoms with van der Waals surface area (Å²) < 4.78 is 9.92. The minimum Gasteiger partial charge on any atom is -0.465 e. The molecule has 0 bridgehead atoms. The van der Waals surface area contributed by atoms with E-state index in [1.165, 1.54) is 18.4 Å². The number of ether oxygens (including phenoxy) is 1. The summed E-state index contributed by atoms with van der Waals surface area (Å²) in [5, 5.41) is 2.68. The van der Waals surface area contributed by atoms with Crippen LogP contribution >= 0.6 is 0 Å². The van der Waals surface area contributed by atoms with Crippen LogP contribution in [0.5, 0.6) is 0 Å². The Hall–Kier alpha value is -3.15. The van der Waals surface area contributed by atoms with Crippen molar-refractivity contribution >= 4 is 29.4 Å². The molecular weight excluding hydrogens is 310 g/mol. The molecule has 2 rings (SSSR count). The number of carbonyl (C=O) groups excluding carboxylic acids is 3. The second-order valence-corrected chi connectivity index (χ2v) is 4.86. The van der Waals surface area contributed by atoms with Gasteiger partial charge in [0.2, 0.25) is 5.91 Å². The van der Waals surface area contributed by atoms with Gasteiger partial charge in [-0.3, -0.25) is 9.59 Å². The van der Waals surface area contributed by atoms with Gasteiger partial charge in [0.15, 0.2) is 12.4 Å². The number of benzene rings is 1. The van der Waals surface area contributed by atoms with Crippen molar-refractivity contribution in [1.29, 1.82) is 0 Å². The Morgan fingerprint density at radius 3 is 2.54 bits per heavy atom. The highest BCUT2D eigenvalue weighted by atomic mass is 16.5. The van der Waals surface area contributed by atoms with Gasteiger partial charge in [-0.05, 0) is 42.5 Å². The predicted octanol–water partition coefficient (Wildman–Crippen LogP) is 3.07. The van der Waals surface area contributed by atoms with E-state index < -0.39 is 5.97 Å². The van der Waals surface area contributed by atoms with Gasteiger partial charge < -0.3 is 14.5 Å². The summed E-state index contributed by atoms with van der Waals surface area (Å²) in [7, 11) is 0. The Labute approximate surface area is 139 Å². The van der Waals surface area contributed by atoms with Gasteiger partial charge in [-0.15, -0.1) is 0 Å². The van der Waals surface area contributed by atoms with E-state index in [1.807, 2.05) is 0 Å². The number of ketones is 1. The molecule has 1 aromatic heterocycles. The van der Waals surface area contributed by atoms with Crippen molar-refractivity contribution in [1.82, 2.24) is 0 Å². The molecule has 0 radical (unpaired) electrons. The van der Waals surface area contributed by atoms with Gasteiger partial charge in [-0.1, -0.05) is 6.92 Å². The summed E-state index contributed by atoms with van der Waals surface area (Å²) in [6.45, 7) is 1.39. The first-order valence-corrected chi connectivity index (χ1v) is 7.40. The van der Waals surface area contributed by atoms with Crippen LogP contribution in [0.2, 0.25) is 0 Å². The van der Waals surface area contributed by atoms with Crippen molar-refractivity contribution in [3.05, 3.63) is 60.1 Å². The smallest absolute Gasteiger partial charge is 0.331 e. The lowest BCUT2D eigenvalue weighted by molar-refractivity contribution is -0.136. The molecule has 0 saturated heterocycles. The Morgan fingerprint density at radius 2 is 1.92 bits per heavy atom. The fourth-order valence-electron chi connectivity index (χ4n) is 1.79. The average Bonchev–Trinajstić information content (AvgIpc) is 3.12. The highest BCUT2D eigenvalue weighted by molar-refractivity contribution is 5.99. The summed E-state index contributed by atoms with van der Waals surface area (Å²) in [5.74, 6) is -0.552. The molecule has 0 fully saturated rings. The molecule has 1 aromatic carbocycles. The lowest BCUT2D eigenvalue weighted by Crippen LogP contribution is -2.13. The number of furan rings is 1. The first-order chi connectivity index (χ1) is 11.6. The van der Waals surface area contributed by atoms with Crippen LogP contribution in [0.25, 0.3) is 6.08 Å². The lowest BCUT2D eigenvalue weighted by Gasteiger charge is -2.05. The number of Topliss-reactive ketones (excluding diaryl/α,β-unsaturated/α-hetero) is 1. The van der Waals surface area contributed by atoms with Crippen LogP contribution in [0, 0.1) is 0 Å². The third-order valence-corrected chi connectivity index (χ3v) is 3.08. The van der Waals surface area contributed by atoms with E-state index >= 15 is 0 Å². The largest absolute Gasteiger partial charge is 0.465 e. The summed E-state index contributed by atoms with van der Waals surface area (Å²) in [6, 6.07) is 9.77. The summed E-state index contributed by atoms with van der Waals surface area (Å²) in [5.41, 5.74) is 1.00. The lowest BCUT2D eigenvalue weighted by atomic mass is 10.1. The van der Waals surface area contributed by atoms with Gasteiger partial charge in [-0.2, -0.15) is 0 Å². The number of hydrogen-bond donors (Lipinski definition) is 1. The van der Waals surface area contributed by atoms with E-state index in [-0.39, 0.29) is 18.3 Å². The molecule has 0 aliphatic rings. The van der Waals surface area contributed by atoms with Crippen molar-refractivity contribution in [2.75, 3.05) is 11.9 Å². The normalized spacial score (nSPS) is 10.5. The minimum atomic E-state index is -0.633. The van der Waals surface area contributed by atoms with E-state index in [2.05, 4.69) is 5.32 Å². The monoisotopic (exact) mass is 327 g/mol. The second kappa shape index (κ2) is 8.47. The van der Waals surface area contributed by atoms with Crippen molar-refractivity contribution in [2.45, 2.75) is 13.3 Å². The van der Waals surface area contributed by atoms with Gasteiger partial charge in [0, 0.05) is 23.7 Å². The van der Waals surface area contributed by atoms with Crippen LogP contribution in [0.4, 0.5) is 5.69 Å². The standard InChI is InChI=1S/C18H17NO5/c1-2-17(21)19-14-7-5-13(6-8-14)16(20)12-24-18(22)10-9-15-4-3-11-23-15/h3-11H,2,12H2,1H3,(H,19,21). The zero-order valence-corrected chi connectivity index (χ0v) is 13.2. The zero-order valence-electron chi connectivity index (χ0n) is 13.2. The Morgan fingerprint density at radius 1 is 1.17 bits per heavy atom. The molecule has 0 saturated carbocycles. The minimum absolute atomic E-state index is 0.105. The molecule has 0 spiro atoms. The van der Waals surface area contributed by atoms with Crippen LogP contribution in [-0.2, 0) is 14.3 Å². The summed E-state index contributed by atoms with van der Waals surface area (Å²) in [6.07, 6.45) is 4.51. The number of carbonyl (C=O) groups is 3. The fourth-order valence-corrected chi connectivity index (χ4v) is 1.79. The quantitative estimate of drug-likeness (QED) is 0.480. The average molecular weight is 327 g/mol. The molecule has 6 nitrogen and oxygen atoms in total. The molecule has 24 heavy (non-hydrogen) atoms. The van der Waals surface area contributed by atoms with Crippen molar-refractivity contribution in [3.8, 4) is 0 Å².